The van der Waals surface area contributed by atoms with E-state index in [1.54, 1.807) is 0 Å². The SMILES string of the molecule is CC/C=C\C/C=C\C/C=C\C/C=C\C/C=C\CCCCCCCCCCCC(=O)OCC(COC(=O)CCCCCCC/C=C\C/C=C\CCCCCC)OC(=O)CCCCCCCCCCC/C=C\C/C=C\CCCCC. The van der Waals surface area contributed by atoms with Gasteiger partial charge in [-0.05, 0) is 128 Å². The first-order chi connectivity index (χ1) is 38.5. The lowest BCUT2D eigenvalue weighted by atomic mass is 10.1. The van der Waals surface area contributed by atoms with Crippen molar-refractivity contribution in [2.75, 3.05) is 13.2 Å². The summed E-state index contributed by atoms with van der Waals surface area (Å²) < 4.78 is 16.9. The normalized spacial score (nSPS) is 12.8. The zero-order chi connectivity index (χ0) is 56.4. The van der Waals surface area contributed by atoms with E-state index in [1.807, 2.05) is 0 Å². The molecule has 0 fully saturated rings. The maximum Gasteiger partial charge on any atom is 0.306 e. The van der Waals surface area contributed by atoms with Crippen LogP contribution < -0.4 is 0 Å². The van der Waals surface area contributed by atoms with Crippen LogP contribution in [0.1, 0.15) is 310 Å². The summed E-state index contributed by atoms with van der Waals surface area (Å²) in [6.45, 7) is 6.49. The quantitative estimate of drug-likeness (QED) is 0.0261. The Morgan fingerprint density at radius 3 is 0.808 bits per heavy atom. The summed E-state index contributed by atoms with van der Waals surface area (Å²) in [6.07, 6.45) is 89.4. The van der Waals surface area contributed by atoms with Crippen molar-refractivity contribution in [3.05, 3.63) is 109 Å². The second kappa shape index (κ2) is 65.6. The van der Waals surface area contributed by atoms with Crippen molar-refractivity contribution in [1.82, 2.24) is 0 Å². The summed E-state index contributed by atoms with van der Waals surface area (Å²) >= 11 is 0. The van der Waals surface area contributed by atoms with Gasteiger partial charge in [-0.2, -0.15) is 0 Å². The Labute approximate surface area is 482 Å². The van der Waals surface area contributed by atoms with E-state index in [2.05, 4.69) is 130 Å². The molecule has 0 aromatic heterocycles. The van der Waals surface area contributed by atoms with E-state index in [9.17, 15) is 14.4 Å². The molecule has 0 aliphatic rings. The van der Waals surface area contributed by atoms with Crippen LogP contribution in [0.25, 0.3) is 0 Å². The predicted octanol–water partition coefficient (Wildman–Crippen LogP) is 22.6. The number of ether oxygens (including phenoxy) is 3. The summed E-state index contributed by atoms with van der Waals surface area (Å²) in [6, 6.07) is 0. The second-order valence-corrected chi connectivity index (χ2v) is 21.6. The fraction of sp³-hybridized carbons (Fsp3) is 0.708. The molecule has 0 saturated carbocycles. The number of carbonyl (C=O) groups is 3. The zero-order valence-corrected chi connectivity index (χ0v) is 51.2. The van der Waals surface area contributed by atoms with Crippen LogP contribution in [0.4, 0.5) is 0 Å². The average molecular weight is 1080 g/mol. The van der Waals surface area contributed by atoms with Crippen LogP contribution in [0.3, 0.4) is 0 Å². The summed E-state index contributed by atoms with van der Waals surface area (Å²) in [5.74, 6) is -0.902. The summed E-state index contributed by atoms with van der Waals surface area (Å²) in [4.78, 5) is 38.4. The van der Waals surface area contributed by atoms with Gasteiger partial charge in [-0.3, -0.25) is 14.4 Å². The van der Waals surface area contributed by atoms with E-state index < -0.39 is 6.10 Å². The minimum atomic E-state index is -0.792. The number of rotatable bonds is 59. The minimum Gasteiger partial charge on any atom is -0.462 e. The summed E-state index contributed by atoms with van der Waals surface area (Å²) in [5.41, 5.74) is 0. The number of esters is 3. The Hall–Kier alpha value is -3.93. The molecule has 0 heterocycles. The van der Waals surface area contributed by atoms with Crippen LogP contribution in [-0.4, -0.2) is 37.2 Å². The van der Waals surface area contributed by atoms with Gasteiger partial charge in [0.25, 0.3) is 0 Å². The molecular weight excluding hydrogens is 961 g/mol. The third kappa shape index (κ3) is 62.9. The van der Waals surface area contributed by atoms with Crippen molar-refractivity contribution < 1.29 is 28.6 Å². The maximum absolute atomic E-state index is 12.9. The third-order valence-electron chi connectivity index (χ3n) is 14.0. The van der Waals surface area contributed by atoms with Crippen molar-refractivity contribution in [2.45, 2.75) is 316 Å². The van der Waals surface area contributed by atoms with E-state index in [1.165, 1.54) is 141 Å². The molecule has 0 aromatic rings. The molecule has 0 spiro atoms. The first-order valence-corrected chi connectivity index (χ1v) is 32.9. The standard InChI is InChI=1S/C72H122O6/c1-4-7-10-13-16-19-22-25-28-31-33-34-35-36-37-38-40-41-44-47-50-53-56-59-62-65-71(74)77-68-69(67-76-70(73)64-61-58-55-52-49-46-43-30-27-24-21-18-15-12-9-6-3)78-72(75)66-63-60-57-54-51-48-45-42-39-32-29-26-23-20-17-14-11-8-5-2/h7,10,16-17,19-21,24-26,28-30,33-34,36-37,43,69H,4-6,8-9,11-15,18,22-23,27,31-32,35,38-42,44-68H2,1-3H3/b10-7-,19-16-,20-17-,24-21-,28-25-,29-26-,34-33-,37-36-,43-30-. The molecule has 78 heavy (non-hydrogen) atoms. The molecule has 6 nitrogen and oxygen atoms in total. The van der Waals surface area contributed by atoms with Crippen molar-refractivity contribution in [3.8, 4) is 0 Å². The number of carbonyl (C=O) groups excluding carboxylic acids is 3. The van der Waals surface area contributed by atoms with E-state index in [0.717, 1.165) is 128 Å². The molecule has 0 saturated heterocycles. The smallest absolute Gasteiger partial charge is 0.306 e. The molecule has 0 aliphatic heterocycles. The van der Waals surface area contributed by atoms with Crippen LogP contribution in [0.15, 0.2) is 109 Å². The van der Waals surface area contributed by atoms with Crippen LogP contribution in [-0.2, 0) is 28.6 Å². The highest BCUT2D eigenvalue weighted by Crippen LogP contribution is 2.16. The monoisotopic (exact) mass is 1080 g/mol. The van der Waals surface area contributed by atoms with Gasteiger partial charge in [-0.15, -0.1) is 0 Å². The first-order valence-electron chi connectivity index (χ1n) is 32.9. The van der Waals surface area contributed by atoms with Crippen LogP contribution >= 0.6 is 0 Å². The van der Waals surface area contributed by atoms with Crippen LogP contribution in [0, 0.1) is 0 Å². The number of hydrogen-bond acceptors (Lipinski definition) is 6. The van der Waals surface area contributed by atoms with Crippen molar-refractivity contribution in [3.63, 3.8) is 0 Å². The van der Waals surface area contributed by atoms with Gasteiger partial charge in [0.2, 0.25) is 0 Å². The fourth-order valence-corrected chi connectivity index (χ4v) is 9.06. The lowest BCUT2D eigenvalue weighted by Crippen LogP contribution is -2.30. The largest absolute Gasteiger partial charge is 0.462 e. The molecular formula is C72H122O6. The van der Waals surface area contributed by atoms with Crippen LogP contribution in [0.5, 0.6) is 0 Å². The lowest BCUT2D eigenvalue weighted by molar-refractivity contribution is -0.167. The van der Waals surface area contributed by atoms with E-state index in [4.69, 9.17) is 14.2 Å². The molecule has 1 unspecified atom stereocenters. The highest BCUT2D eigenvalue weighted by atomic mass is 16.6. The zero-order valence-electron chi connectivity index (χ0n) is 51.2. The Kier molecular flexibility index (Phi) is 62.3. The van der Waals surface area contributed by atoms with Gasteiger partial charge < -0.3 is 14.2 Å². The van der Waals surface area contributed by atoms with Gasteiger partial charge in [-0.25, -0.2) is 0 Å². The molecule has 0 bridgehead atoms. The molecule has 446 valence electrons. The van der Waals surface area contributed by atoms with Crippen molar-refractivity contribution in [1.29, 1.82) is 0 Å². The van der Waals surface area contributed by atoms with Gasteiger partial charge in [-0.1, -0.05) is 271 Å². The predicted molar refractivity (Wildman–Crippen MR) is 339 cm³/mol. The molecule has 1 atom stereocenters. The topological polar surface area (TPSA) is 78.9 Å². The van der Waals surface area contributed by atoms with Crippen molar-refractivity contribution in [2.24, 2.45) is 0 Å². The number of allylic oxidation sites excluding steroid dienone is 18. The lowest BCUT2D eigenvalue weighted by Gasteiger charge is -2.18. The Morgan fingerprint density at radius 2 is 0.500 bits per heavy atom. The van der Waals surface area contributed by atoms with Gasteiger partial charge in [0.15, 0.2) is 6.10 Å². The van der Waals surface area contributed by atoms with Gasteiger partial charge in [0.05, 0.1) is 0 Å². The highest BCUT2D eigenvalue weighted by molar-refractivity contribution is 5.71. The van der Waals surface area contributed by atoms with E-state index in [-0.39, 0.29) is 31.1 Å². The van der Waals surface area contributed by atoms with Crippen molar-refractivity contribution >= 4 is 17.9 Å². The molecule has 6 heteroatoms. The highest BCUT2D eigenvalue weighted by Gasteiger charge is 2.19. The second-order valence-electron chi connectivity index (χ2n) is 21.6. The molecule has 0 N–H and O–H groups in total. The molecule has 0 radical (unpaired) electrons. The molecule has 0 aromatic carbocycles. The fourth-order valence-electron chi connectivity index (χ4n) is 9.06. The summed E-state index contributed by atoms with van der Waals surface area (Å²) in [5, 5.41) is 0. The van der Waals surface area contributed by atoms with Gasteiger partial charge in [0.1, 0.15) is 13.2 Å². The summed E-state index contributed by atoms with van der Waals surface area (Å²) in [7, 11) is 0. The van der Waals surface area contributed by atoms with Gasteiger partial charge >= 0.3 is 17.9 Å². The van der Waals surface area contributed by atoms with E-state index in [0.29, 0.717) is 19.3 Å². The number of unbranched alkanes of at least 4 members (excludes halogenated alkanes) is 30. The Bertz CT molecular complexity index is 1570. The average Bonchev–Trinajstić information content (AvgIpc) is 3.44. The Balaban J connectivity index is 4.39. The molecule has 0 aliphatic carbocycles. The maximum atomic E-state index is 12.9. The van der Waals surface area contributed by atoms with Gasteiger partial charge in [0, 0.05) is 19.3 Å². The third-order valence-corrected chi connectivity index (χ3v) is 14.0. The first kappa shape index (κ1) is 74.1. The number of hydrogen-bond donors (Lipinski definition) is 0. The molecule has 0 amide bonds. The van der Waals surface area contributed by atoms with Crippen LogP contribution in [0.2, 0.25) is 0 Å². The van der Waals surface area contributed by atoms with E-state index >= 15 is 0 Å². The minimum absolute atomic E-state index is 0.0878. The molecule has 0 rings (SSSR count). The Morgan fingerprint density at radius 1 is 0.269 bits per heavy atom.